The van der Waals surface area contributed by atoms with Crippen molar-refractivity contribution in [3.63, 3.8) is 0 Å². The van der Waals surface area contributed by atoms with Gasteiger partial charge in [0.15, 0.2) is 5.03 Å². The van der Waals surface area contributed by atoms with Crippen molar-refractivity contribution in [2.24, 2.45) is 7.05 Å². The Labute approximate surface area is 110 Å². The van der Waals surface area contributed by atoms with Gasteiger partial charge in [0.1, 0.15) is 6.04 Å². The molecular formula is C10H15N3O5S. The van der Waals surface area contributed by atoms with E-state index in [1.807, 2.05) is 0 Å². The van der Waals surface area contributed by atoms with Gasteiger partial charge in [0, 0.05) is 20.0 Å². The van der Waals surface area contributed by atoms with Crippen LogP contribution >= 0.6 is 0 Å². The van der Waals surface area contributed by atoms with Crippen LogP contribution in [0.5, 0.6) is 0 Å². The molecule has 2 rings (SSSR count). The van der Waals surface area contributed by atoms with Crippen molar-refractivity contribution < 1.29 is 23.1 Å². The Morgan fingerprint density at radius 3 is 2.79 bits per heavy atom. The molecule has 19 heavy (non-hydrogen) atoms. The number of hydrogen-bond donors (Lipinski definition) is 1. The molecule has 1 aromatic heterocycles. The van der Waals surface area contributed by atoms with Gasteiger partial charge in [-0.05, 0) is 6.07 Å². The Kier molecular flexibility index (Phi) is 3.61. The number of nitrogens with zero attached hydrogens (tertiary/aromatic N) is 3. The Morgan fingerprint density at radius 1 is 1.58 bits per heavy atom. The SMILES string of the molecule is COC(=O)C1CC(O)CN1S(=O)(=O)c1ccnn1C. The average Bonchev–Trinajstić information content (AvgIpc) is 2.94. The second-order valence-electron chi connectivity index (χ2n) is 4.30. The van der Waals surface area contributed by atoms with Gasteiger partial charge in [-0.2, -0.15) is 9.40 Å². The summed E-state index contributed by atoms with van der Waals surface area (Å²) in [6.45, 7) is -0.132. The smallest absolute Gasteiger partial charge is 0.324 e. The number of methoxy groups -OCH3 is 1. The summed E-state index contributed by atoms with van der Waals surface area (Å²) >= 11 is 0. The van der Waals surface area contributed by atoms with Crippen LogP contribution < -0.4 is 0 Å². The van der Waals surface area contributed by atoms with Crippen LogP contribution in [-0.2, 0) is 26.6 Å². The standard InChI is InChI=1S/C10H15N3O5S/c1-12-9(3-4-11-12)19(16,17)13-6-7(14)5-8(13)10(15)18-2/h3-4,7-8,14H,5-6H2,1-2H3. The van der Waals surface area contributed by atoms with E-state index < -0.39 is 28.1 Å². The normalized spacial score (nSPS) is 24.6. The Balaban J connectivity index is 2.39. The third kappa shape index (κ3) is 2.36. The molecular weight excluding hydrogens is 274 g/mol. The van der Waals surface area contributed by atoms with Crippen molar-refractivity contribution in [3.8, 4) is 0 Å². The summed E-state index contributed by atoms with van der Waals surface area (Å²) in [6, 6.07) is 0.342. The van der Waals surface area contributed by atoms with Crippen molar-refractivity contribution in [1.82, 2.24) is 14.1 Å². The number of rotatable bonds is 3. The minimum Gasteiger partial charge on any atom is -0.468 e. The maximum Gasteiger partial charge on any atom is 0.324 e. The molecule has 0 amide bonds. The molecule has 0 radical (unpaired) electrons. The van der Waals surface area contributed by atoms with Crippen LogP contribution in [0.4, 0.5) is 0 Å². The molecule has 2 heterocycles. The first-order valence-corrected chi connectivity index (χ1v) is 7.07. The molecule has 1 aromatic rings. The number of β-amino-alcohol motifs (C(OH)–C–C–N with tert-alkyl or cyclic N) is 1. The molecule has 106 valence electrons. The third-order valence-electron chi connectivity index (χ3n) is 3.06. The van der Waals surface area contributed by atoms with Gasteiger partial charge in [0.25, 0.3) is 10.0 Å². The Bertz CT molecular complexity index is 582. The number of aliphatic hydroxyl groups excluding tert-OH is 1. The molecule has 0 bridgehead atoms. The molecule has 1 saturated heterocycles. The predicted molar refractivity (Wildman–Crippen MR) is 63.5 cm³/mol. The molecule has 0 aromatic carbocycles. The first-order valence-electron chi connectivity index (χ1n) is 5.63. The fourth-order valence-electron chi connectivity index (χ4n) is 2.14. The highest BCUT2D eigenvalue weighted by atomic mass is 32.2. The summed E-state index contributed by atoms with van der Waals surface area (Å²) in [5, 5.41) is 13.4. The summed E-state index contributed by atoms with van der Waals surface area (Å²) in [4.78, 5) is 11.6. The fourth-order valence-corrected chi connectivity index (χ4v) is 3.86. The number of ether oxygens (including phenoxy) is 1. The van der Waals surface area contributed by atoms with E-state index in [2.05, 4.69) is 9.84 Å². The molecule has 1 aliphatic rings. The number of aromatic nitrogens is 2. The maximum atomic E-state index is 12.4. The number of sulfonamides is 1. The number of aliphatic hydroxyl groups is 1. The van der Waals surface area contributed by atoms with Crippen molar-refractivity contribution in [2.75, 3.05) is 13.7 Å². The van der Waals surface area contributed by atoms with Crippen LogP contribution in [0, 0.1) is 0 Å². The summed E-state index contributed by atoms with van der Waals surface area (Å²) < 4.78 is 31.6. The molecule has 8 nitrogen and oxygen atoms in total. The van der Waals surface area contributed by atoms with Crippen LogP contribution in [0.25, 0.3) is 0 Å². The van der Waals surface area contributed by atoms with Gasteiger partial charge in [-0.1, -0.05) is 0 Å². The molecule has 2 unspecified atom stereocenters. The summed E-state index contributed by atoms with van der Waals surface area (Å²) in [6.07, 6.45) is 0.503. The Morgan fingerprint density at radius 2 is 2.26 bits per heavy atom. The van der Waals surface area contributed by atoms with E-state index in [4.69, 9.17) is 0 Å². The number of hydrogen-bond acceptors (Lipinski definition) is 6. The summed E-state index contributed by atoms with van der Waals surface area (Å²) in [7, 11) is -1.22. The highest BCUT2D eigenvalue weighted by Gasteiger charge is 2.44. The van der Waals surface area contributed by atoms with E-state index in [1.165, 1.54) is 31.1 Å². The lowest BCUT2D eigenvalue weighted by Gasteiger charge is -2.21. The van der Waals surface area contributed by atoms with Gasteiger partial charge >= 0.3 is 5.97 Å². The van der Waals surface area contributed by atoms with Gasteiger partial charge in [-0.15, -0.1) is 0 Å². The van der Waals surface area contributed by atoms with Crippen LogP contribution in [-0.4, -0.2) is 59.4 Å². The fraction of sp³-hybridized carbons (Fsp3) is 0.600. The first-order chi connectivity index (χ1) is 8.87. The van der Waals surface area contributed by atoms with E-state index in [0.29, 0.717) is 0 Å². The van der Waals surface area contributed by atoms with E-state index in [1.54, 1.807) is 0 Å². The second kappa shape index (κ2) is 4.91. The van der Waals surface area contributed by atoms with E-state index in [-0.39, 0.29) is 18.0 Å². The van der Waals surface area contributed by atoms with Crippen molar-refractivity contribution in [3.05, 3.63) is 12.3 Å². The van der Waals surface area contributed by atoms with Crippen molar-refractivity contribution >= 4 is 16.0 Å². The zero-order chi connectivity index (χ0) is 14.2. The largest absolute Gasteiger partial charge is 0.468 e. The zero-order valence-corrected chi connectivity index (χ0v) is 11.4. The second-order valence-corrected chi connectivity index (χ2v) is 6.13. The summed E-state index contributed by atoms with van der Waals surface area (Å²) in [5.41, 5.74) is 0. The minimum absolute atomic E-state index is 0.0315. The number of aryl methyl sites for hydroxylation is 1. The lowest BCUT2D eigenvalue weighted by atomic mass is 10.2. The average molecular weight is 289 g/mol. The molecule has 0 aliphatic carbocycles. The van der Waals surface area contributed by atoms with Gasteiger partial charge < -0.3 is 9.84 Å². The molecule has 1 fully saturated rings. The number of carbonyl (C=O) groups excluding carboxylic acids is 1. The van der Waals surface area contributed by atoms with Gasteiger partial charge in [0.2, 0.25) is 0 Å². The molecule has 1 aliphatic heterocycles. The molecule has 2 atom stereocenters. The quantitative estimate of drug-likeness (QED) is 0.695. The van der Waals surface area contributed by atoms with E-state index in [0.717, 1.165) is 4.31 Å². The topological polar surface area (TPSA) is 102 Å². The maximum absolute atomic E-state index is 12.4. The van der Waals surface area contributed by atoms with Gasteiger partial charge in [0.05, 0.1) is 19.4 Å². The first kappa shape index (κ1) is 14.0. The monoisotopic (exact) mass is 289 g/mol. The van der Waals surface area contributed by atoms with Crippen LogP contribution in [0.1, 0.15) is 6.42 Å². The molecule has 1 N–H and O–H groups in total. The molecule has 0 spiro atoms. The number of carbonyl (C=O) groups is 1. The van der Waals surface area contributed by atoms with Gasteiger partial charge in [-0.25, -0.2) is 8.42 Å². The number of esters is 1. The predicted octanol–water partition coefficient (Wildman–Crippen LogP) is -1.28. The minimum atomic E-state index is -3.89. The van der Waals surface area contributed by atoms with Crippen LogP contribution in [0.2, 0.25) is 0 Å². The van der Waals surface area contributed by atoms with Crippen LogP contribution in [0.15, 0.2) is 17.3 Å². The zero-order valence-electron chi connectivity index (χ0n) is 10.6. The lowest BCUT2D eigenvalue weighted by molar-refractivity contribution is -0.144. The highest BCUT2D eigenvalue weighted by Crippen LogP contribution is 2.26. The van der Waals surface area contributed by atoms with E-state index >= 15 is 0 Å². The highest BCUT2D eigenvalue weighted by molar-refractivity contribution is 7.89. The van der Waals surface area contributed by atoms with Gasteiger partial charge in [-0.3, -0.25) is 9.48 Å². The lowest BCUT2D eigenvalue weighted by Crippen LogP contribution is -2.41. The Hall–Kier alpha value is -1.45. The van der Waals surface area contributed by atoms with Crippen molar-refractivity contribution in [2.45, 2.75) is 23.6 Å². The molecule has 0 saturated carbocycles. The molecule has 9 heteroatoms. The van der Waals surface area contributed by atoms with E-state index in [9.17, 15) is 18.3 Å². The van der Waals surface area contributed by atoms with Crippen molar-refractivity contribution in [1.29, 1.82) is 0 Å². The summed E-state index contributed by atoms with van der Waals surface area (Å²) in [5.74, 6) is -0.678. The third-order valence-corrected chi connectivity index (χ3v) is 5.01. The van der Waals surface area contributed by atoms with Crippen LogP contribution in [0.3, 0.4) is 0 Å².